The Balaban J connectivity index is 1.63. The van der Waals surface area contributed by atoms with Gasteiger partial charge >= 0.3 is 5.63 Å². The quantitative estimate of drug-likeness (QED) is 0.112. The fourth-order valence-electron chi connectivity index (χ4n) is 5.22. The summed E-state index contributed by atoms with van der Waals surface area (Å²) >= 11 is 14.7. The highest BCUT2D eigenvalue weighted by molar-refractivity contribution is 14.1. The van der Waals surface area contributed by atoms with E-state index in [4.69, 9.17) is 37.7 Å². The standard InChI is InChI=1S/C34H20Cl2IN3O3/c1-18-7-12-23-29(13-18)43-34(42)30-24(16-28(38-32(23)30)25-14-21(36)15-27(37)33(25)41)26-17-40(22-5-3-2-4-6-22)39-31(26)19-8-10-20(35)11-9-19/h2-17,41H,1H3. The Morgan fingerprint density at radius 1 is 0.860 bits per heavy atom. The summed E-state index contributed by atoms with van der Waals surface area (Å²) in [6.45, 7) is 1.93. The lowest BCUT2D eigenvalue weighted by atomic mass is 9.96. The number of phenols is 1. The second kappa shape index (κ2) is 10.8. The molecule has 4 aromatic carbocycles. The van der Waals surface area contributed by atoms with Crippen LogP contribution in [0.2, 0.25) is 10.0 Å². The molecule has 0 saturated carbocycles. The van der Waals surface area contributed by atoms with Gasteiger partial charge in [0.1, 0.15) is 17.0 Å². The van der Waals surface area contributed by atoms with Gasteiger partial charge in [0.25, 0.3) is 0 Å². The molecule has 0 radical (unpaired) electrons. The van der Waals surface area contributed by atoms with Gasteiger partial charge in [0.2, 0.25) is 0 Å². The maximum Gasteiger partial charge on any atom is 0.346 e. The normalized spacial score (nSPS) is 11.4. The van der Waals surface area contributed by atoms with Crippen molar-refractivity contribution in [2.45, 2.75) is 6.92 Å². The molecule has 210 valence electrons. The van der Waals surface area contributed by atoms with Gasteiger partial charge in [-0.2, -0.15) is 5.10 Å². The first-order valence-electron chi connectivity index (χ1n) is 13.2. The van der Waals surface area contributed by atoms with E-state index in [1.807, 2.05) is 96.4 Å². The molecule has 0 unspecified atom stereocenters. The summed E-state index contributed by atoms with van der Waals surface area (Å²) in [6.07, 6.45) is 1.89. The zero-order valence-corrected chi connectivity index (χ0v) is 26.1. The number of fused-ring (bicyclic) bond motifs is 3. The van der Waals surface area contributed by atoms with E-state index < -0.39 is 5.63 Å². The van der Waals surface area contributed by atoms with Crippen LogP contribution in [0.25, 0.3) is 61.2 Å². The Hall–Kier alpha value is -4.18. The first-order valence-corrected chi connectivity index (χ1v) is 15.1. The second-order valence-electron chi connectivity index (χ2n) is 10.1. The van der Waals surface area contributed by atoms with Crippen molar-refractivity contribution in [3.63, 3.8) is 0 Å². The van der Waals surface area contributed by atoms with Gasteiger partial charge < -0.3 is 9.52 Å². The minimum atomic E-state index is -0.526. The van der Waals surface area contributed by atoms with Gasteiger partial charge in [0.05, 0.1) is 25.9 Å². The van der Waals surface area contributed by atoms with Crippen LogP contribution < -0.4 is 5.63 Å². The van der Waals surface area contributed by atoms with Gasteiger partial charge in [-0.3, -0.25) is 0 Å². The number of rotatable bonds is 4. The van der Waals surface area contributed by atoms with Gasteiger partial charge in [-0.1, -0.05) is 59.6 Å². The molecule has 9 heteroatoms. The minimum Gasteiger partial charge on any atom is -0.506 e. The fourth-order valence-corrected chi connectivity index (χ4v) is 6.38. The number of aromatic hydroxyl groups is 1. The van der Waals surface area contributed by atoms with Crippen molar-refractivity contribution in [3.05, 3.63) is 127 Å². The third-order valence-corrected chi connectivity index (χ3v) is 8.56. The molecule has 0 amide bonds. The van der Waals surface area contributed by atoms with E-state index in [9.17, 15) is 9.90 Å². The Kier molecular flexibility index (Phi) is 6.96. The molecule has 7 rings (SSSR count). The molecule has 1 N–H and O–H groups in total. The molecule has 3 aromatic heterocycles. The average Bonchev–Trinajstić information content (AvgIpc) is 3.44. The first kappa shape index (κ1) is 27.6. The number of aromatic nitrogens is 3. The number of pyridine rings is 1. The topological polar surface area (TPSA) is 81.2 Å². The lowest BCUT2D eigenvalue weighted by molar-refractivity contribution is 0.473. The Morgan fingerprint density at radius 2 is 1.63 bits per heavy atom. The van der Waals surface area contributed by atoms with Crippen LogP contribution in [0.15, 0.2) is 106 Å². The van der Waals surface area contributed by atoms with Crippen molar-refractivity contribution in [2.24, 2.45) is 0 Å². The van der Waals surface area contributed by atoms with Crippen LogP contribution in [0.5, 0.6) is 5.75 Å². The van der Waals surface area contributed by atoms with Crippen molar-refractivity contribution in [2.75, 3.05) is 0 Å². The number of para-hydroxylation sites is 1. The van der Waals surface area contributed by atoms with Gasteiger partial charge in [-0.05, 0) is 89.7 Å². The number of phenolic OH excluding ortho intramolecular Hbond substituents is 1. The molecule has 6 nitrogen and oxygen atoms in total. The van der Waals surface area contributed by atoms with Gasteiger partial charge in [0.15, 0.2) is 0 Å². The van der Waals surface area contributed by atoms with Crippen molar-refractivity contribution < 1.29 is 9.52 Å². The molecule has 0 spiro atoms. The highest BCUT2D eigenvalue weighted by Gasteiger charge is 2.23. The molecule has 43 heavy (non-hydrogen) atoms. The molecular formula is C34H20Cl2IN3O3. The van der Waals surface area contributed by atoms with Gasteiger partial charge in [0, 0.05) is 43.9 Å². The van der Waals surface area contributed by atoms with Gasteiger partial charge in [-0.15, -0.1) is 0 Å². The summed E-state index contributed by atoms with van der Waals surface area (Å²) in [5.41, 5.74) is 5.70. The van der Waals surface area contributed by atoms with Gasteiger partial charge in [-0.25, -0.2) is 14.5 Å². The van der Waals surface area contributed by atoms with E-state index in [1.165, 1.54) is 0 Å². The van der Waals surface area contributed by atoms with E-state index in [-0.39, 0.29) is 5.75 Å². The van der Waals surface area contributed by atoms with Crippen LogP contribution in [-0.2, 0) is 0 Å². The van der Waals surface area contributed by atoms with E-state index >= 15 is 0 Å². The third kappa shape index (κ3) is 4.97. The lowest BCUT2D eigenvalue weighted by Crippen LogP contribution is -2.05. The van der Waals surface area contributed by atoms with E-state index in [0.29, 0.717) is 63.6 Å². The third-order valence-electron chi connectivity index (χ3n) is 7.27. The molecule has 0 aliphatic heterocycles. The summed E-state index contributed by atoms with van der Waals surface area (Å²) in [5, 5.41) is 18.1. The number of hydrogen-bond acceptors (Lipinski definition) is 5. The van der Waals surface area contributed by atoms with Crippen LogP contribution in [0.1, 0.15) is 5.56 Å². The zero-order valence-electron chi connectivity index (χ0n) is 22.5. The number of nitrogens with zero attached hydrogens (tertiary/aromatic N) is 3. The van der Waals surface area contributed by atoms with Crippen LogP contribution in [0.4, 0.5) is 0 Å². The van der Waals surface area contributed by atoms with Crippen LogP contribution >= 0.6 is 45.8 Å². The molecule has 7 aromatic rings. The van der Waals surface area contributed by atoms with E-state index in [0.717, 1.165) is 16.8 Å². The first-order chi connectivity index (χ1) is 20.8. The monoisotopic (exact) mass is 715 g/mol. The van der Waals surface area contributed by atoms with Crippen molar-refractivity contribution >= 4 is 67.7 Å². The molecule has 0 bridgehead atoms. The zero-order chi connectivity index (χ0) is 29.8. The Labute approximate surface area is 269 Å². The molecule has 0 aliphatic carbocycles. The Bertz CT molecular complexity index is 2260. The number of halogens is 3. The molecular weight excluding hydrogens is 696 g/mol. The maximum atomic E-state index is 13.8. The lowest BCUT2D eigenvalue weighted by Gasteiger charge is -2.13. The predicted octanol–water partition coefficient (Wildman–Crippen LogP) is 9.45. The maximum absolute atomic E-state index is 13.8. The molecule has 0 aliphatic rings. The number of hydrogen-bond donors (Lipinski definition) is 1. The van der Waals surface area contributed by atoms with E-state index in [1.54, 1.807) is 35.0 Å². The van der Waals surface area contributed by atoms with Crippen LogP contribution in [-0.4, -0.2) is 19.9 Å². The largest absolute Gasteiger partial charge is 0.506 e. The number of aryl methyl sites for hydroxylation is 1. The van der Waals surface area contributed by atoms with Crippen LogP contribution in [0.3, 0.4) is 0 Å². The predicted molar refractivity (Wildman–Crippen MR) is 180 cm³/mol. The summed E-state index contributed by atoms with van der Waals surface area (Å²) in [5.74, 6) is 0.0452. The SMILES string of the molecule is Cc1ccc2c(c1)oc(=O)c1c(-c3cn(-c4ccccc4)nc3-c3ccc(Cl)cc3)cc(-c3cc(Cl)cc(I)c3O)nc12. The fraction of sp³-hybridized carbons (Fsp3) is 0.0294. The Morgan fingerprint density at radius 3 is 2.40 bits per heavy atom. The molecule has 0 saturated heterocycles. The van der Waals surface area contributed by atoms with Crippen molar-refractivity contribution in [3.8, 4) is 45.1 Å². The highest BCUT2D eigenvalue weighted by atomic mass is 127. The molecule has 0 atom stereocenters. The summed E-state index contributed by atoms with van der Waals surface area (Å²) < 4.78 is 8.22. The summed E-state index contributed by atoms with van der Waals surface area (Å²) in [6, 6.07) is 27.9. The molecule has 0 fully saturated rings. The number of benzene rings is 4. The average molecular weight is 716 g/mol. The van der Waals surface area contributed by atoms with Crippen molar-refractivity contribution in [1.82, 2.24) is 14.8 Å². The molecule has 3 heterocycles. The minimum absolute atomic E-state index is 0.0452. The summed E-state index contributed by atoms with van der Waals surface area (Å²) in [7, 11) is 0. The smallest absolute Gasteiger partial charge is 0.346 e. The second-order valence-corrected chi connectivity index (χ2v) is 12.2. The van der Waals surface area contributed by atoms with Crippen LogP contribution in [0, 0.1) is 10.5 Å². The summed E-state index contributed by atoms with van der Waals surface area (Å²) in [4.78, 5) is 18.7. The highest BCUT2D eigenvalue weighted by Crippen LogP contribution is 2.42. The van der Waals surface area contributed by atoms with E-state index in [2.05, 4.69) is 0 Å². The van der Waals surface area contributed by atoms with Crippen molar-refractivity contribution in [1.29, 1.82) is 0 Å².